The van der Waals surface area contributed by atoms with Gasteiger partial charge in [-0.05, 0) is 55.3 Å². The molecule has 0 amide bonds. The molecule has 1 aromatic heterocycles. The van der Waals surface area contributed by atoms with Crippen molar-refractivity contribution in [3.8, 4) is 11.1 Å². The molecule has 2 N–H and O–H groups in total. The molecule has 0 aliphatic heterocycles. The van der Waals surface area contributed by atoms with Crippen LogP contribution in [0.5, 0.6) is 0 Å². The van der Waals surface area contributed by atoms with E-state index in [4.69, 9.17) is 10.1 Å². The number of rotatable bonds is 6. The maximum absolute atomic E-state index is 12.4. The molecule has 0 saturated carbocycles. The lowest BCUT2D eigenvalue weighted by Gasteiger charge is -2.17. The van der Waals surface area contributed by atoms with Crippen LogP contribution in [0.4, 0.5) is 11.5 Å². The second-order valence-electron chi connectivity index (χ2n) is 6.12. The Morgan fingerprint density at radius 1 is 1.14 bits per heavy atom. The van der Waals surface area contributed by atoms with E-state index in [-0.39, 0.29) is 12.3 Å². The van der Waals surface area contributed by atoms with E-state index in [1.54, 1.807) is 19.9 Å². The van der Waals surface area contributed by atoms with Gasteiger partial charge in [0.25, 0.3) is 0 Å². The van der Waals surface area contributed by atoms with E-state index in [0.29, 0.717) is 17.1 Å². The number of halogens is 1. The first-order valence-electron chi connectivity index (χ1n) is 8.85. The lowest BCUT2D eigenvalue weighted by Crippen LogP contribution is -2.13. The van der Waals surface area contributed by atoms with Gasteiger partial charge in [0.15, 0.2) is 5.69 Å². The highest BCUT2D eigenvalue weighted by Crippen LogP contribution is 2.32. The molecular weight excluding hydrogens is 418 g/mol. The zero-order valence-corrected chi connectivity index (χ0v) is 17.2. The van der Waals surface area contributed by atoms with Crippen molar-refractivity contribution in [3.63, 3.8) is 0 Å². The molecule has 5 nitrogen and oxygen atoms in total. The highest BCUT2D eigenvalue weighted by atomic mass is 79.9. The Bertz CT molecular complexity index is 1000. The molecule has 0 spiro atoms. The summed E-state index contributed by atoms with van der Waals surface area (Å²) in [6.45, 7) is 3.73. The number of ether oxygens (including phenoxy) is 1. The fraction of sp³-hybridized carbons (Fsp3) is 0.136. The topological polar surface area (TPSA) is 75.1 Å². The molecule has 0 atom stereocenters. The second-order valence-corrected chi connectivity index (χ2v) is 7.04. The third-order valence-corrected chi connectivity index (χ3v) is 4.60. The number of nitrogens with one attached hydrogen (secondary N) is 2. The highest BCUT2D eigenvalue weighted by Gasteiger charge is 2.20. The molecule has 0 saturated heterocycles. The van der Waals surface area contributed by atoms with Crippen LogP contribution in [0.25, 0.3) is 11.1 Å². The van der Waals surface area contributed by atoms with Gasteiger partial charge in [-0.25, -0.2) is 9.78 Å². The molecule has 28 heavy (non-hydrogen) atoms. The summed E-state index contributed by atoms with van der Waals surface area (Å²) in [6, 6.07) is 18.9. The lowest BCUT2D eigenvalue weighted by molar-refractivity contribution is 0.0519. The van der Waals surface area contributed by atoms with Crippen molar-refractivity contribution >= 4 is 39.1 Å². The maximum Gasteiger partial charge on any atom is 0.357 e. The van der Waals surface area contributed by atoms with Crippen LogP contribution in [-0.2, 0) is 4.74 Å². The number of para-hydroxylation sites is 1. The SMILES string of the molecule is CCOC(=O)c1cc(-c2ccc(Br)cc2)c(C(C)=N)c(Nc2ccccc2)n1. The normalized spacial score (nSPS) is 10.4. The fourth-order valence-electron chi connectivity index (χ4n) is 2.84. The van der Waals surface area contributed by atoms with Gasteiger partial charge in [-0.3, -0.25) is 0 Å². The van der Waals surface area contributed by atoms with Crippen LogP contribution in [0.1, 0.15) is 29.9 Å². The molecule has 0 bridgehead atoms. The maximum atomic E-state index is 12.4. The summed E-state index contributed by atoms with van der Waals surface area (Å²) < 4.78 is 6.10. The zero-order valence-electron chi connectivity index (χ0n) is 15.6. The summed E-state index contributed by atoms with van der Waals surface area (Å²) in [5, 5.41) is 11.6. The molecule has 142 valence electrons. The van der Waals surface area contributed by atoms with Gasteiger partial charge in [0, 0.05) is 21.4 Å². The Labute approximate surface area is 172 Å². The van der Waals surface area contributed by atoms with Crippen molar-refractivity contribution in [1.82, 2.24) is 4.98 Å². The summed E-state index contributed by atoms with van der Waals surface area (Å²) in [5.41, 5.74) is 3.63. The predicted octanol–water partition coefficient (Wildman–Crippen LogP) is 5.82. The van der Waals surface area contributed by atoms with Crippen LogP contribution < -0.4 is 5.32 Å². The van der Waals surface area contributed by atoms with E-state index in [9.17, 15) is 4.79 Å². The van der Waals surface area contributed by atoms with E-state index in [2.05, 4.69) is 26.2 Å². The van der Waals surface area contributed by atoms with Gasteiger partial charge >= 0.3 is 5.97 Å². The van der Waals surface area contributed by atoms with Crippen molar-refractivity contribution in [2.75, 3.05) is 11.9 Å². The summed E-state index contributed by atoms with van der Waals surface area (Å²) in [5.74, 6) is -0.0478. The summed E-state index contributed by atoms with van der Waals surface area (Å²) in [6.07, 6.45) is 0. The number of carbonyl (C=O) groups excluding carboxylic acids is 1. The van der Waals surface area contributed by atoms with Gasteiger partial charge in [0.2, 0.25) is 0 Å². The van der Waals surface area contributed by atoms with Crippen molar-refractivity contribution in [3.05, 3.63) is 76.4 Å². The number of aromatic nitrogens is 1. The van der Waals surface area contributed by atoms with E-state index >= 15 is 0 Å². The molecule has 3 aromatic rings. The molecule has 0 fully saturated rings. The first kappa shape index (κ1) is 19.8. The lowest BCUT2D eigenvalue weighted by atomic mass is 9.97. The van der Waals surface area contributed by atoms with Gasteiger partial charge < -0.3 is 15.5 Å². The van der Waals surface area contributed by atoms with Crippen LogP contribution in [0, 0.1) is 5.41 Å². The molecule has 0 radical (unpaired) electrons. The molecule has 0 unspecified atom stereocenters. The minimum Gasteiger partial charge on any atom is -0.461 e. The minimum atomic E-state index is -0.494. The predicted molar refractivity (Wildman–Crippen MR) is 116 cm³/mol. The van der Waals surface area contributed by atoms with E-state index in [1.807, 2.05) is 54.6 Å². The first-order valence-corrected chi connectivity index (χ1v) is 9.64. The standard InChI is InChI=1S/C22H20BrN3O2/c1-3-28-22(27)19-13-18(15-9-11-16(23)12-10-15)20(14(2)24)21(26-19)25-17-7-5-4-6-8-17/h4-13,24H,3H2,1-2H3,(H,25,26). The van der Waals surface area contributed by atoms with Gasteiger partial charge in [-0.2, -0.15) is 0 Å². The largest absolute Gasteiger partial charge is 0.461 e. The Hall–Kier alpha value is -2.99. The molecular formula is C22H20BrN3O2. The number of hydrogen-bond acceptors (Lipinski definition) is 5. The van der Waals surface area contributed by atoms with E-state index in [1.165, 1.54) is 0 Å². The average molecular weight is 438 g/mol. The van der Waals surface area contributed by atoms with Crippen LogP contribution in [0.15, 0.2) is 65.1 Å². The average Bonchev–Trinajstić information content (AvgIpc) is 2.68. The number of anilines is 2. The first-order chi connectivity index (χ1) is 13.5. The second kappa shape index (κ2) is 8.80. The quantitative estimate of drug-likeness (QED) is 0.376. The van der Waals surface area contributed by atoms with Crippen LogP contribution in [0.3, 0.4) is 0 Å². The van der Waals surface area contributed by atoms with E-state index < -0.39 is 5.97 Å². The Kier molecular flexibility index (Phi) is 6.21. The monoisotopic (exact) mass is 437 g/mol. The number of nitrogens with zero attached hydrogens (tertiary/aromatic N) is 1. The molecule has 2 aromatic carbocycles. The Morgan fingerprint density at radius 3 is 2.43 bits per heavy atom. The van der Waals surface area contributed by atoms with Crippen molar-refractivity contribution in [2.24, 2.45) is 0 Å². The molecule has 1 heterocycles. The van der Waals surface area contributed by atoms with Crippen LogP contribution in [0.2, 0.25) is 0 Å². The number of carbonyl (C=O) groups is 1. The highest BCUT2D eigenvalue weighted by molar-refractivity contribution is 9.10. The van der Waals surface area contributed by atoms with Crippen molar-refractivity contribution < 1.29 is 9.53 Å². The van der Waals surface area contributed by atoms with E-state index in [0.717, 1.165) is 21.3 Å². The number of benzene rings is 2. The number of hydrogen-bond donors (Lipinski definition) is 2. The fourth-order valence-corrected chi connectivity index (χ4v) is 3.10. The van der Waals surface area contributed by atoms with Crippen LogP contribution in [-0.4, -0.2) is 23.3 Å². The smallest absolute Gasteiger partial charge is 0.357 e. The Balaban J connectivity index is 2.21. The summed E-state index contributed by atoms with van der Waals surface area (Å²) in [4.78, 5) is 16.9. The summed E-state index contributed by atoms with van der Waals surface area (Å²) >= 11 is 3.44. The van der Waals surface area contributed by atoms with Gasteiger partial charge in [-0.1, -0.05) is 46.3 Å². The van der Waals surface area contributed by atoms with Crippen molar-refractivity contribution in [2.45, 2.75) is 13.8 Å². The minimum absolute atomic E-state index is 0.197. The third kappa shape index (κ3) is 4.46. The number of pyridine rings is 1. The number of esters is 1. The van der Waals surface area contributed by atoms with Crippen molar-refractivity contribution in [1.29, 1.82) is 5.41 Å². The molecule has 0 aliphatic carbocycles. The van der Waals surface area contributed by atoms with Crippen LogP contribution >= 0.6 is 15.9 Å². The third-order valence-electron chi connectivity index (χ3n) is 4.07. The van der Waals surface area contributed by atoms with Gasteiger partial charge in [0.1, 0.15) is 5.82 Å². The molecule has 3 rings (SSSR count). The van der Waals surface area contributed by atoms with Gasteiger partial charge in [0.05, 0.1) is 6.61 Å². The summed E-state index contributed by atoms with van der Waals surface area (Å²) in [7, 11) is 0. The van der Waals surface area contributed by atoms with Gasteiger partial charge in [-0.15, -0.1) is 0 Å². The molecule has 6 heteroatoms. The molecule has 0 aliphatic rings. The Morgan fingerprint density at radius 2 is 1.82 bits per heavy atom. The zero-order chi connectivity index (χ0) is 20.1.